The van der Waals surface area contributed by atoms with E-state index < -0.39 is 0 Å². The molecule has 50 valence electrons. The molecule has 0 fully saturated rings. The van der Waals surface area contributed by atoms with Crippen molar-refractivity contribution < 1.29 is 5.11 Å². The highest BCUT2D eigenvalue weighted by Gasteiger charge is 1.92. The second-order valence-electron chi connectivity index (χ2n) is 1.63. The van der Waals surface area contributed by atoms with Gasteiger partial charge in [-0.05, 0) is 10.2 Å². The zero-order valence-electron chi connectivity index (χ0n) is 4.92. The molecule has 1 rings (SSSR count). The van der Waals surface area contributed by atoms with Crippen LogP contribution in [-0.2, 0) is 0 Å². The summed E-state index contributed by atoms with van der Waals surface area (Å²) in [7, 11) is 0. The minimum atomic E-state index is -0.0729. The standard InChI is InChI=1S/C6H8INO/c9-5-3-6-2-1-4-7-8-6/h1-2,4,9H,3,5H2. The summed E-state index contributed by atoms with van der Waals surface area (Å²) in [6.45, 7) is 0.215. The lowest BCUT2D eigenvalue weighted by molar-refractivity contribution is 0.299. The van der Waals surface area contributed by atoms with Gasteiger partial charge in [0.15, 0.2) is 0 Å². The third kappa shape index (κ3) is 2.36. The summed E-state index contributed by atoms with van der Waals surface area (Å²) in [5, 5.41) is 8.51. The molecule has 0 aromatic rings. The van der Waals surface area contributed by atoms with Crippen LogP contribution in [0.3, 0.4) is 0 Å². The van der Waals surface area contributed by atoms with Gasteiger partial charge in [-0.25, -0.2) is 3.15 Å². The molecular formula is C6H8INO. The molecule has 0 saturated heterocycles. The van der Waals surface area contributed by atoms with Gasteiger partial charge in [-0.3, -0.25) is 0 Å². The van der Waals surface area contributed by atoms with E-state index in [0.29, 0.717) is 6.42 Å². The van der Waals surface area contributed by atoms with Crippen LogP contribution in [0, 0.1) is 0 Å². The second-order valence-corrected chi connectivity index (χ2v) is 3.39. The van der Waals surface area contributed by atoms with Crippen molar-refractivity contribution in [2.45, 2.75) is 6.42 Å². The molecule has 1 heterocycles. The Hall–Kier alpha value is -0.0300. The number of rotatable bonds is 2. The Morgan fingerprint density at radius 2 is 2.56 bits per heavy atom. The van der Waals surface area contributed by atoms with Crippen LogP contribution in [0.25, 0.3) is 0 Å². The highest BCUT2D eigenvalue weighted by atomic mass is 127. The number of allylic oxidation sites excluding steroid dienone is 2. The number of hydrogen-bond donors (Lipinski definition) is 1. The molecule has 0 bridgehead atoms. The van der Waals surface area contributed by atoms with Gasteiger partial charge >= 0.3 is 0 Å². The Morgan fingerprint density at radius 1 is 1.67 bits per heavy atom. The van der Waals surface area contributed by atoms with Gasteiger partial charge in [-0.1, -0.05) is 6.08 Å². The zero-order valence-corrected chi connectivity index (χ0v) is 7.08. The average molecular weight is 237 g/mol. The van der Waals surface area contributed by atoms with E-state index in [1.165, 1.54) is 0 Å². The van der Waals surface area contributed by atoms with E-state index in [1.807, 2.05) is 12.2 Å². The number of halogens is 1. The first-order valence-corrected chi connectivity index (χ1v) is 4.95. The SMILES string of the molecule is OCCC1=CC=CI=N1. The smallest absolute Gasteiger partial charge is 0.0488 e. The van der Waals surface area contributed by atoms with Crippen molar-refractivity contribution in [1.29, 1.82) is 0 Å². The Kier molecular flexibility index (Phi) is 3.06. The molecule has 1 aliphatic rings. The lowest BCUT2D eigenvalue weighted by Crippen LogP contribution is -1.84. The van der Waals surface area contributed by atoms with Gasteiger partial charge in [-0.2, -0.15) is 0 Å². The van der Waals surface area contributed by atoms with Crippen LogP contribution in [0.5, 0.6) is 0 Å². The maximum Gasteiger partial charge on any atom is 0.0488 e. The number of aliphatic hydroxyl groups excluding tert-OH is 1. The fourth-order valence-electron chi connectivity index (χ4n) is 0.539. The van der Waals surface area contributed by atoms with E-state index >= 15 is 0 Å². The van der Waals surface area contributed by atoms with E-state index in [4.69, 9.17) is 5.11 Å². The van der Waals surface area contributed by atoms with Crippen LogP contribution in [0.1, 0.15) is 6.42 Å². The van der Waals surface area contributed by atoms with Gasteiger partial charge in [0.05, 0.1) is 0 Å². The molecule has 0 spiro atoms. The Balaban J connectivity index is 2.51. The normalized spacial score (nSPS) is 16.8. The first-order valence-electron chi connectivity index (χ1n) is 2.74. The molecule has 9 heavy (non-hydrogen) atoms. The van der Waals surface area contributed by atoms with Crippen molar-refractivity contribution in [2.24, 2.45) is 3.15 Å². The first-order chi connectivity index (χ1) is 4.43. The van der Waals surface area contributed by atoms with E-state index in [1.54, 1.807) is 0 Å². The minimum Gasteiger partial charge on any atom is -0.396 e. The summed E-state index contributed by atoms with van der Waals surface area (Å²) < 4.78 is 6.34. The van der Waals surface area contributed by atoms with Crippen molar-refractivity contribution in [3.8, 4) is 0 Å². The fraction of sp³-hybridized carbons (Fsp3) is 0.333. The molecule has 0 radical (unpaired) electrons. The lowest BCUT2D eigenvalue weighted by Gasteiger charge is -1.96. The molecule has 0 amide bonds. The third-order valence-electron chi connectivity index (χ3n) is 0.943. The van der Waals surface area contributed by atoms with Crippen LogP contribution in [0.15, 0.2) is 25.1 Å². The van der Waals surface area contributed by atoms with E-state index in [2.05, 4.69) is 7.23 Å². The summed E-state index contributed by atoms with van der Waals surface area (Å²) in [4.78, 5) is 0. The summed E-state index contributed by atoms with van der Waals surface area (Å²) in [5.74, 6) is 0. The first kappa shape index (κ1) is 7.08. The van der Waals surface area contributed by atoms with Crippen molar-refractivity contribution in [1.82, 2.24) is 0 Å². The average Bonchev–Trinajstić information content (AvgIpc) is 1.91. The topological polar surface area (TPSA) is 32.6 Å². The number of hydrogen-bond acceptors (Lipinski definition) is 2. The predicted molar refractivity (Wildman–Crippen MR) is 45.4 cm³/mol. The predicted octanol–water partition coefficient (Wildman–Crippen LogP) is 1.93. The van der Waals surface area contributed by atoms with Crippen molar-refractivity contribution in [3.05, 3.63) is 21.9 Å². The van der Waals surface area contributed by atoms with E-state index in [0.717, 1.165) is 5.70 Å². The molecule has 0 saturated carbocycles. The third-order valence-corrected chi connectivity index (χ3v) is 2.58. The van der Waals surface area contributed by atoms with Crippen LogP contribution in [-0.4, -0.2) is 11.7 Å². The maximum atomic E-state index is 8.51. The molecular weight excluding hydrogens is 229 g/mol. The molecule has 0 aromatic carbocycles. The van der Waals surface area contributed by atoms with Crippen molar-refractivity contribution in [3.63, 3.8) is 0 Å². The monoisotopic (exact) mass is 237 g/mol. The van der Waals surface area contributed by atoms with Crippen LogP contribution < -0.4 is 0 Å². The maximum absolute atomic E-state index is 8.51. The summed E-state index contributed by atoms with van der Waals surface area (Å²) >= 11 is -0.0729. The van der Waals surface area contributed by atoms with Gasteiger partial charge in [-0.15, -0.1) is 0 Å². The molecule has 0 aliphatic carbocycles. The minimum absolute atomic E-state index is 0.0729. The van der Waals surface area contributed by atoms with Crippen LogP contribution >= 0.6 is 21.0 Å². The fourth-order valence-corrected chi connectivity index (χ4v) is 1.85. The quantitative estimate of drug-likeness (QED) is 0.731. The molecule has 1 aliphatic heterocycles. The number of aliphatic hydroxyl groups is 1. The molecule has 2 nitrogen and oxygen atoms in total. The summed E-state index contributed by atoms with van der Waals surface area (Å²) in [6.07, 6.45) is 4.69. The molecule has 3 heteroatoms. The van der Waals surface area contributed by atoms with Gasteiger partial charge in [0.1, 0.15) is 0 Å². The van der Waals surface area contributed by atoms with E-state index in [-0.39, 0.29) is 27.6 Å². The molecule has 0 atom stereocenters. The zero-order chi connectivity index (χ0) is 6.53. The Bertz CT molecular complexity index is 172. The molecule has 0 unspecified atom stereocenters. The highest BCUT2D eigenvalue weighted by Crippen LogP contribution is 2.17. The Morgan fingerprint density at radius 3 is 3.11 bits per heavy atom. The Labute approximate surface area is 64.4 Å². The van der Waals surface area contributed by atoms with Gasteiger partial charge in [0.2, 0.25) is 0 Å². The van der Waals surface area contributed by atoms with Crippen molar-refractivity contribution >= 4 is 21.0 Å². The number of nitrogens with zero attached hydrogens (tertiary/aromatic N) is 1. The van der Waals surface area contributed by atoms with Crippen LogP contribution in [0.2, 0.25) is 0 Å². The summed E-state index contributed by atoms with van der Waals surface area (Å²) in [6, 6.07) is 0. The van der Waals surface area contributed by atoms with Crippen LogP contribution in [0.4, 0.5) is 0 Å². The van der Waals surface area contributed by atoms with Gasteiger partial charge in [0, 0.05) is 39.8 Å². The molecule has 0 aromatic heterocycles. The van der Waals surface area contributed by atoms with Gasteiger partial charge in [0.25, 0.3) is 0 Å². The van der Waals surface area contributed by atoms with E-state index in [9.17, 15) is 0 Å². The highest BCUT2D eigenvalue weighted by molar-refractivity contribution is 14.2. The summed E-state index contributed by atoms with van der Waals surface area (Å²) in [5.41, 5.74) is 1.05. The largest absolute Gasteiger partial charge is 0.396 e. The second kappa shape index (κ2) is 3.90. The van der Waals surface area contributed by atoms with Crippen molar-refractivity contribution in [2.75, 3.05) is 6.61 Å². The lowest BCUT2D eigenvalue weighted by atomic mass is 10.3. The molecule has 1 N–H and O–H groups in total. The van der Waals surface area contributed by atoms with Gasteiger partial charge < -0.3 is 5.11 Å².